The average Bonchev–Trinajstić information content (AvgIpc) is 3.38. The van der Waals surface area contributed by atoms with Crippen molar-refractivity contribution >= 4 is 23.2 Å². The van der Waals surface area contributed by atoms with Gasteiger partial charge in [-0.05, 0) is 41.5 Å². The molecule has 8 heteroatoms. The third-order valence-electron chi connectivity index (χ3n) is 5.94. The van der Waals surface area contributed by atoms with E-state index >= 15 is 0 Å². The number of non-ortho nitro benzene ring substituents is 1. The molecule has 7 nitrogen and oxygen atoms in total. The second kappa shape index (κ2) is 10.5. The van der Waals surface area contributed by atoms with E-state index in [1.807, 2.05) is 66.7 Å². The molecule has 0 aliphatic heterocycles. The zero-order chi connectivity index (χ0) is 25.8. The molecule has 37 heavy (non-hydrogen) atoms. The van der Waals surface area contributed by atoms with Gasteiger partial charge in [0.05, 0.1) is 27.4 Å². The number of nitro groups is 1. The van der Waals surface area contributed by atoms with Crippen LogP contribution in [0, 0.1) is 10.1 Å². The highest BCUT2D eigenvalue weighted by molar-refractivity contribution is 6.32. The number of para-hydroxylation sites is 1. The summed E-state index contributed by atoms with van der Waals surface area (Å²) in [5, 5.41) is 19.3. The molecule has 5 aromatic rings. The Bertz CT molecular complexity index is 1510. The highest BCUT2D eigenvalue weighted by atomic mass is 35.5. The van der Waals surface area contributed by atoms with E-state index in [1.165, 1.54) is 16.8 Å². The number of hydrogen-bond acceptors (Lipinski definition) is 4. The van der Waals surface area contributed by atoms with E-state index in [1.54, 1.807) is 36.4 Å². The molecular weight excluding hydrogens is 488 g/mol. The van der Waals surface area contributed by atoms with Crippen molar-refractivity contribution in [2.75, 3.05) is 0 Å². The number of halogens is 1. The lowest BCUT2D eigenvalue weighted by molar-refractivity contribution is -0.384. The Labute approximate surface area is 218 Å². The molecule has 1 N–H and O–H groups in total. The maximum Gasteiger partial charge on any atom is 0.270 e. The first-order valence-corrected chi connectivity index (χ1v) is 11.9. The number of aromatic nitrogens is 2. The molecule has 0 unspecified atom stereocenters. The van der Waals surface area contributed by atoms with Crippen LogP contribution in [0.15, 0.2) is 115 Å². The summed E-state index contributed by atoms with van der Waals surface area (Å²) < 4.78 is 1.50. The van der Waals surface area contributed by atoms with Gasteiger partial charge in [-0.1, -0.05) is 84.4 Å². The lowest BCUT2D eigenvalue weighted by Crippen LogP contribution is -2.31. The first-order valence-electron chi connectivity index (χ1n) is 11.5. The van der Waals surface area contributed by atoms with Gasteiger partial charge in [-0.2, -0.15) is 5.10 Å². The summed E-state index contributed by atoms with van der Waals surface area (Å²) in [5.74, 6) is -0.349. The van der Waals surface area contributed by atoms with Gasteiger partial charge in [0.1, 0.15) is 5.69 Å². The van der Waals surface area contributed by atoms with Crippen molar-refractivity contribution in [3.63, 3.8) is 0 Å². The van der Waals surface area contributed by atoms with Gasteiger partial charge in [-0.25, -0.2) is 4.68 Å². The van der Waals surface area contributed by atoms with E-state index in [9.17, 15) is 14.9 Å². The second-order valence-electron chi connectivity index (χ2n) is 8.31. The van der Waals surface area contributed by atoms with Crippen molar-refractivity contribution in [2.45, 2.75) is 6.04 Å². The van der Waals surface area contributed by atoms with E-state index < -0.39 is 11.0 Å². The summed E-state index contributed by atoms with van der Waals surface area (Å²) in [6.45, 7) is 0. The zero-order valence-corrected chi connectivity index (χ0v) is 20.2. The molecule has 1 heterocycles. The van der Waals surface area contributed by atoms with Gasteiger partial charge in [0.15, 0.2) is 0 Å². The van der Waals surface area contributed by atoms with Gasteiger partial charge in [0.2, 0.25) is 0 Å². The van der Waals surface area contributed by atoms with Crippen LogP contribution in [0.3, 0.4) is 0 Å². The predicted octanol–water partition coefficient (Wildman–Crippen LogP) is 6.62. The predicted molar refractivity (Wildman–Crippen MR) is 143 cm³/mol. The molecule has 5 rings (SSSR count). The monoisotopic (exact) mass is 508 g/mol. The summed E-state index contributed by atoms with van der Waals surface area (Å²) >= 11 is 6.48. The Morgan fingerprint density at radius 2 is 1.41 bits per heavy atom. The Morgan fingerprint density at radius 1 is 0.838 bits per heavy atom. The quantitative estimate of drug-likeness (QED) is 0.197. The molecule has 0 atom stereocenters. The normalized spacial score (nSPS) is 10.9. The van der Waals surface area contributed by atoms with Crippen LogP contribution in [0.25, 0.3) is 16.9 Å². The lowest BCUT2D eigenvalue weighted by atomic mass is 9.98. The highest BCUT2D eigenvalue weighted by Gasteiger charge is 2.23. The van der Waals surface area contributed by atoms with Crippen molar-refractivity contribution in [1.29, 1.82) is 0 Å². The molecule has 0 bridgehead atoms. The molecular formula is C29H21ClN4O3. The van der Waals surface area contributed by atoms with Crippen molar-refractivity contribution in [1.82, 2.24) is 15.1 Å². The van der Waals surface area contributed by atoms with Crippen LogP contribution in [0.1, 0.15) is 27.7 Å². The molecule has 182 valence electrons. The van der Waals surface area contributed by atoms with Crippen molar-refractivity contribution < 1.29 is 9.72 Å². The fraction of sp³-hybridized carbons (Fsp3) is 0.0345. The van der Waals surface area contributed by atoms with Crippen LogP contribution in [-0.4, -0.2) is 20.6 Å². The van der Waals surface area contributed by atoms with Crippen molar-refractivity contribution in [2.24, 2.45) is 0 Å². The van der Waals surface area contributed by atoms with Crippen LogP contribution < -0.4 is 5.32 Å². The number of nitrogens with one attached hydrogen (secondary N) is 1. The largest absolute Gasteiger partial charge is 0.340 e. The third kappa shape index (κ3) is 5.12. The summed E-state index contributed by atoms with van der Waals surface area (Å²) in [7, 11) is 0. The first-order chi connectivity index (χ1) is 18.0. The van der Waals surface area contributed by atoms with E-state index in [-0.39, 0.29) is 17.3 Å². The Kier molecular flexibility index (Phi) is 6.78. The van der Waals surface area contributed by atoms with Gasteiger partial charge < -0.3 is 5.32 Å². The summed E-state index contributed by atoms with van der Waals surface area (Å²) in [4.78, 5) is 24.4. The van der Waals surface area contributed by atoms with Crippen LogP contribution >= 0.6 is 11.6 Å². The number of benzene rings is 4. The minimum Gasteiger partial charge on any atom is -0.340 e. The fourth-order valence-corrected chi connectivity index (χ4v) is 4.32. The van der Waals surface area contributed by atoms with Gasteiger partial charge in [0.25, 0.3) is 11.6 Å². The van der Waals surface area contributed by atoms with Gasteiger partial charge >= 0.3 is 0 Å². The molecule has 0 aliphatic carbocycles. The Hall–Kier alpha value is -4.75. The van der Waals surface area contributed by atoms with E-state index in [0.717, 1.165) is 11.1 Å². The van der Waals surface area contributed by atoms with Crippen molar-refractivity contribution in [3.05, 3.63) is 147 Å². The average molecular weight is 509 g/mol. The minimum absolute atomic E-state index is 0.0270. The van der Waals surface area contributed by atoms with Crippen LogP contribution in [0.5, 0.6) is 0 Å². The maximum absolute atomic E-state index is 13.8. The number of hydrogen-bond donors (Lipinski definition) is 1. The van der Waals surface area contributed by atoms with Crippen LogP contribution in [0.2, 0.25) is 5.02 Å². The Balaban J connectivity index is 1.58. The maximum atomic E-state index is 13.8. The number of rotatable bonds is 7. The molecule has 0 aliphatic rings. The van der Waals surface area contributed by atoms with Gasteiger partial charge in [0, 0.05) is 17.7 Å². The molecule has 1 amide bonds. The van der Waals surface area contributed by atoms with Gasteiger partial charge in [-0.15, -0.1) is 0 Å². The van der Waals surface area contributed by atoms with Crippen LogP contribution in [-0.2, 0) is 0 Å². The molecule has 0 saturated heterocycles. The summed E-state index contributed by atoms with van der Waals surface area (Å²) in [6.07, 6.45) is 0. The standard InChI is InChI=1S/C29H21ClN4O3/c30-24-13-7-8-14-26(24)33-27(19-25(32-33)20-15-17-23(18-16-20)34(36)37)29(35)31-28(21-9-3-1-4-10-21)22-11-5-2-6-12-22/h1-19,28H,(H,31,35). The zero-order valence-electron chi connectivity index (χ0n) is 19.5. The van der Waals surface area contributed by atoms with E-state index in [0.29, 0.717) is 22.0 Å². The number of carbonyl (C=O) groups is 1. The number of carbonyl (C=O) groups excluding carboxylic acids is 1. The summed E-state index contributed by atoms with van der Waals surface area (Å²) in [5.41, 5.74) is 3.77. The number of amides is 1. The fourth-order valence-electron chi connectivity index (χ4n) is 4.10. The van der Waals surface area contributed by atoms with Crippen LogP contribution in [0.4, 0.5) is 5.69 Å². The molecule has 0 fully saturated rings. The SMILES string of the molecule is O=C(NC(c1ccccc1)c1ccccc1)c1cc(-c2ccc([N+](=O)[O-])cc2)nn1-c1ccccc1Cl. The third-order valence-corrected chi connectivity index (χ3v) is 6.26. The molecule has 0 saturated carbocycles. The van der Waals surface area contributed by atoms with E-state index in [2.05, 4.69) is 10.4 Å². The Morgan fingerprint density at radius 3 is 1.97 bits per heavy atom. The lowest BCUT2D eigenvalue weighted by Gasteiger charge is -2.20. The number of nitro benzene ring substituents is 1. The number of nitrogens with zero attached hydrogens (tertiary/aromatic N) is 3. The minimum atomic E-state index is -0.460. The molecule has 0 radical (unpaired) electrons. The molecule has 0 spiro atoms. The second-order valence-corrected chi connectivity index (χ2v) is 8.72. The van der Waals surface area contributed by atoms with Crippen molar-refractivity contribution in [3.8, 4) is 16.9 Å². The smallest absolute Gasteiger partial charge is 0.270 e. The van der Waals surface area contributed by atoms with E-state index in [4.69, 9.17) is 11.6 Å². The first kappa shape index (κ1) is 24.0. The molecule has 4 aromatic carbocycles. The topological polar surface area (TPSA) is 90.1 Å². The van der Waals surface area contributed by atoms with Gasteiger partial charge in [-0.3, -0.25) is 14.9 Å². The highest BCUT2D eigenvalue weighted by Crippen LogP contribution is 2.28. The molecule has 1 aromatic heterocycles. The summed E-state index contributed by atoms with van der Waals surface area (Å²) in [6, 6.07) is 33.8.